The van der Waals surface area contributed by atoms with Gasteiger partial charge in [0.2, 0.25) is 0 Å². The van der Waals surface area contributed by atoms with Crippen LogP contribution in [0.5, 0.6) is 5.75 Å². The summed E-state index contributed by atoms with van der Waals surface area (Å²) in [5.74, 6) is 0.979. The minimum absolute atomic E-state index is 0.154. The minimum atomic E-state index is 0.154. The van der Waals surface area contributed by atoms with E-state index in [0.717, 1.165) is 18.8 Å². The average molecular weight is 291 g/mol. The molecule has 3 nitrogen and oxygen atoms in total. The standard InChI is InChI=1S/C18H29NO2/c1-7-20-17-14(19-6)11-16(17)21-15-9-8-13(10-12(15)2)18(3,4)5/h8-10,14,16-17,19H,7,11H2,1-6H3. The van der Waals surface area contributed by atoms with E-state index in [1.54, 1.807) is 0 Å². The Morgan fingerprint density at radius 3 is 2.52 bits per heavy atom. The van der Waals surface area contributed by atoms with E-state index in [4.69, 9.17) is 9.47 Å². The van der Waals surface area contributed by atoms with Gasteiger partial charge in [-0.05, 0) is 43.5 Å². The Hall–Kier alpha value is -1.06. The van der Waals surface area contributed by atoms with Gasteiger partial charge in [0, 0.05) is 19.1 Å². The third-order valence-electron chi connectivity index (χ3n) is 4.30. The molecule has 0 radical (unpaired) electrons. The highest BCUT2D eigenvalue weighted by atomic mass is 16.5. The van der Waals surface area contributed by atoms with Crippen molar-refractivity contribution in [3.63, 3.8) is 0 Å². The van der Waals surface area contributed by atoms with Crippen molar-refractivity contribution in [3.05, 3.63) is 29.3 Å². The Morgan fingerprint density at radius 2 is 2.00 bits per heavy atom. The number of ether oxygens (including phenoxy) is 2. The summed E-state index contributed by atoms with van der Waals surface area (Å²) in [6.07, 6.45) is 1.31. The van der Waals surface area contributed by atoms with Crippen LogP contribution in [0.4, 0.5) is 0 Å². The van der Waals surface area contributed by atoms with Crippen LogP contribution in [0.3, 0.4) is 0 Å². The second kappa shape index (κ2) is 6.37. The van der Waals surface area contributed by atoms with Gasteiger partial charge < -0.3 is 14.8 Å². The van der Waals surface area contributed by atoms with Gasteiger partial charge in [0.1, 0.15) is 18.0 Å². The SMILES string of the molecule is CCOC1C(NC)CC1Oc1ccc(C(C)(C)C)cc1C. The molecule has 0 aliphatic heterocycles. The number of hydrogen-bond donors (Lipinski definition) is 1. The molecule has 1 aliphatic rings. The molecule has 1 fully saturated rings. The minimum Gasteiger partial charge on any atom is -0.487 e. The van der Waals surface area contributed by atoms with Crippen LogP contribution in [-0.2, 0) is 10.2 Å². The fourth-order valence-corrected chi connectivity index (χ4v) is 2.81. The lowest BCUT2D eigenvalue weighted by molar-refractivity contribution is -0.103. The molecule has 118 valence electrons. The van der Waals surface area contributed by atoms with Crippen molar-refractivity contribution >= 4 is 0 Å². The number of rotatable bonds is 5. The van der Waals surface area contributed by atoms with E-state index in [9.17, 15) is 0 Å². The maximum Gasteiger partial charge on any atom is 0.128 e. The van der Waals surface area contributed by atoms with E-state index < -0.39 is 0 Å². The molecule has 0 heterocycles. The first-order chi connectivity index (χ1) is 9.86. The van der Waals surface area contributed by atoms with Crippen molar-refractivity contribution in [1.82, 2.24) is 5.32 Å². The number of aryl methyl sites for hydroxylation is 1. The fourth-order valence-electron chi connectivity index (χ4n) is 2.81. The molecule has 0 spiro atoms. The second-order valence-corrected chi connectivity index (χ2v) is 6.94. The molecule has 21 heavy (non-hydrogen) atoms. The van der Waals surface area contributed by atoms with Crippen LogP contribution in [0.15, 0.2) is 18.2 Å². The lowest BCUT2D eigenvalue weighted by Crippen LogP contribution is -2.60. The molecular weight excluding hydrogens is 262 g/mol. The van der Waals surface area contributed by atoms with Crippen LogP contribution in [-0.4, -0.2) is 31.9 Å². The Bertz CT molecular complexity index is 479. The molecule has 3 atom stereocenters. The lowest BCUT2D eigenvalue weighted by Gasteiger charge is -2.43. The summed E-state index contributed by atoms with van der Waals surface area (Å²) in [5.41, 5.74) is 2.71. The van der Waals surface area contributed by atoms with Gasteiger partial charge in [0.05, 0.1) is 0 Å². The molecule has 3 unspecified atom stereocenters. The van der Waals surface area contributed by atoms with Crippen molar-refractivity contribution < 1.29 is 9.47 Å². The number of hydrogen-bond acceptors (Lipinski definition) is 3. The molecule has 1 aromatic rings. The van der Waals surface area contributed by atoms with E-state index >= 15 is 0 Å². The quantitative estimate of drug-likeness (QED) is 0.901. The predicted octanol–water partition coefficient (Wildman–Crippen LogP) is 3.44. The Morgan fingerprint density at radius 1 is 1.29 bits per heavy atom. The average Bonchev–Trinajstić information content (AvgIpc) is 2.40. The summed E-state index contributed by atoms with van der Waals surface area (Å²) >= 11 is 0. The molecule has 3 heteroatoms. The van der Waals surface area contributed by atoms with Gasteiger partial charge in [-0.2, -0.15) is 0 Å². The summed E-state index contributed by atoms with van der Waals surface area (Å²) in [5, 5.41) is 3.29. The topological polar surface area (TPSA) is 30.5 Å². The van der Waals surface area contributed by atoms with Crippen molar-refractivity contribution in [1.29, 1.82) is 0 Å². The molecule has 0 saturated heterocycles. The van der Waals surface area contributed by atoms with Gasteiger partial charge >= 0.3 is 0 Å². The molecule has 0 amide bonds. The van der Waals surface area contributed by atoms with Crippen molar-refractivity contribution in [2.24, 2.45) is 0 Å². The third-order valence-corrected chi connectivity index (χ3v) is 4.30. The first kappa shape index (κ1) is 16.3. The van der Waals surface area contributed by atoms with Gasteiger partial charge in [-0.1, -0.05) is 32.9 Å². The largest absolute Gasteiger partial charge is 0.487 e. The zero-order chi connectivity index (χ0) is 15.6. The monoisotopic (exact) mass is 291 g/mol. The highest BCUT2D eigenvalue weighted by Gasteiger charge is 2.43. The summed E-state index contributed by atoms with van der Waals surface area (Å²) in [6.45, 7) is 11.6. The second-order valence-electron chi connectivity index (χ2n) is 6.94. The van der Waals surface area contributed by atoms with Crippen LogP contribution >= 0.6 is 0 Å². The van der Waals surface area contributed by atoms with Crippen molar-refractivity contribution in [2.75, 3.05) is 13.7 Å². The van der Waals surface area contributed by atoms with Crippen molar-refractivity contribution in [2.45, 2.75) is 64.7 Å². The van der Waals surface area contributed by atoms with Crippen LogP contribution in [0, 0.1) is 6.92 Å². The van der Waals surface area contributed by atoms with Gasteiger partial charge in [0.25, 0.3) is 0 Å². The van der Waals surface area contributed by atoms with Gasteiger partial charge in [-0.15, -0.1) is 0 Å². The summed E-state index contributed by atoms with van der Waals surface area (Å²) < 4.78 is 12.0. The van der Waals surface area contributed by atoms with E-state index in [1.165, 1.54) is 11.1 Å². The molecule has 0 bridgehead atoms. The highest BCUT2D eigenvalue weighted by Crippen LogP contribution is 2.32. The summed E-state index contributed by atoms with van der Waals surface area (Å²) in [7, 11) is 1.98. The van der Waals surface area contributed by atoms with Crippen LogP contribution in [0.1, 0.15) is 45.2 Å². The van der Waals surface area contributed by atoms with E-state index in [1.807, 2.05) is 14.0 Å². The van der Waals surface area contributed by atoms with Crippen LogP contribution in [0.2, 0.25) is 0 Å². The summed E-state index contributed by atoms with van der Waals surface area (Å²) in [6, 6.07) is 6.92. The van der Waals surface area contributed by atoms with E-state index in [-0.39, 0.29) is 17.6 Å². The molecule has 1 aromatic carbocycles. The predicted molar refractivity (Wildman–Crippen MR) is 87.2 cm³/mol. The number of likely N-dealkylation sites (N-methyl/N-ethyl adjacent to an activating group) is 1. The van der Waals surface area contributed by atoms with Crippen LogP contribution < -0.4 is 10.1 Å². The van der Waals surface area contributed by atoms with Gasteiger partial charge in [0.15, 0.2) is 0 Å². The maximum atomic E-state index is 6.18. The molecule has 2 rings (SSSR count). The summed E-state index contributed by atoms with van der Waals surface area (Å²) in [4.78, 5) is 0. The number of nitrogens with one attached hydrogen (secondary N) is 1. The van der Waals surface area contributed by atoms with Gasteiger partial charge in [-0.3, -0.25) is 0 Å². The van der Waals surface area contributed by atoms with E-state index in [2.05, 4.69) is 51.2 Å². The lowest BCUT2D eigenvalue weighted by atomic mass is 9.84. The van der Waals surface area contributed by atoms with E-state index in [0.29, 0.717) is 6.04 Å². The third kappa shape index (κ3) is 3.58. The zero-order valence-electron chi connectivity index (χ0n) is 14.2. The van der Waals surface area contributed by atoms with Crippen LogP contribution in [0.25, 0.3) is 0 Å². The normalized spacial score (nSPS) is 25.5. The smallest absolute Gasteiger partial charge is 0.128 e. The van der Waals surface area contributed by atoms with Crippen molar-refractivity contribution in [3.8, 4) is 5.75 Å². The Labute approximate surface area is 129 Å². The highest BCUT2D eigenvalue weighted by molar-refractivity contribution is 5.39. The molecular formula is C18H29NO2. The Balaban J connectivity index is 2.07. The number of benzene rings is 1. The Kier molecular flexibility index (Phi) is 4.95. The maximum absolute atomic E-state index is 6.18. The molecule has 0 aromatic heterocycles. The fraction of sp³-hybridized carbons (Fsp3) is 0.667. The zero-order valence-corrected chi connectivity index (χ0v) is 14.2. The van der Waals surface area contributed by atoms with Gasteiger partial charge in [-0.25, -0.2) is 0 Å². The first-order valence-electron chi connectivity index (χ1n) is 7.93. The molecule has 1 aliphatic carbocycles. The molecule has 1 N–H and O–H groups in total. The molecule has 1 saturated carbocycles. The first-order valence-corrected chi connectivity index (χ1v) is 7.93.